The van der Waals surface area contributed by atoms with E-state index >= 15 is 0 Å². The zero-order valence-corrected chi connectivity index (χ0v) is 6.96. The molecule has 0 amide bonds. The van der Waals surface area contributed by atoms with Crippen LogP contribution in [-0.2, 0) is 6.18 Å². The number of rotatable bonds is 1. The van der Waals surface area contributed by atoms with Gasteiger partial charge in [0.1, 0.15) is 0 Å². The predicted molar refractivity (Wildman–Crippen MR) is 40.1 cm³/mol. The minimum atomic E-state index is -6.02. The Hall–Kier alpha value is -1.21. The third kappa shape index (κ3) is 2.43. The van der Waals surface area contributed by atoms with Crippen LogP contribution in [0.15, 0.2) is 18.2 Å². The molecule has 0 aliphatic heterocycles. The number of hydrogen-bond acceptors (Lipinski definition) is 0. The van der Waals surface area contributed by atoms with Gasteiger partial charge in [-0.3, -0.25) is 0 Å². The summed E-state index contributed by atoms with van der Waals surface area (Å²) in [7, 11) is 0. The molecule has 0 unspecified atom stereocenters. The molecule has 1 aromatic rings. The minimum absolute atomic E-state index is 0.202. The van der Waals surface area contributed by atoms with E-state index in [1.54, 1.807) is 0 Å². The highest BCUT2D eigenvalue weighted by Crippen LogP contribution is 2.30. The molecule has 15 heavy (non-hydrogen) atoms. The van der Waals surface area contributed by atoms with Gasteiger partial charge in [-0.1, -0.05) is 17.6 Å². The highest BCUT2D eigenvalue weighted by molar-refractivity contribution is 6.74. The lowest BCUT2D eigenvalue weighted by Crippen LogP contribution is -2.41. The molecule has 84 valence electrons. The van der Waals surface area contributed by atoms with E-state index in [9.17, 15) is 30.5 Å². The Morgan fingerprint density at radius 2 is 1.53 bits per heavy atom. The van der Waals surface area contributed by atoms with Gasteiger partial charge in [-0.2, -0.15) is 13.2 Å². The summed E-state index contributed by atoms with van der Waals surface area (Å²) in [6, 6.07) is 1.14. The van der Waals surface area contributed by atoms with Crippen LogP contribution in [0.3, 0.4) is 0 Å². The first kappa shape index (κ1) is 11.9. The molecular weight excluding hydrogens is 228 g/mol. The van der Waals surface area contributed by atoms with E-state index in [2.05, 4.69) is 0 Å². The normalized spacial score (nSPS) is 13.0. The van der Waals surface area contributed by atoms with Gasteiger partial charge in [0.2, 0.25) is 0 Å². The third-order valence-corrected chi connectivity index (χ3v) is 1.69. The van der Waals surface area contributed by atoms with Crippen molar-refractivity contribution in [3.63, 3.8) is 0 Å². The van der Waals surface area contributed by atoms with Gasteiger partial charge in [0.05, 0.1) is 5.82 Å². The maximum Gasteiger partial charge on any atom is 0.513 e. The zero-order valence-electron chi connectivity index (χ0n) is 6.96. The highest BCUT2D eigenvalue weighted by atomic mass is 19.4. The standard InChI is InChI=1S/C7H3BF7/c9-5-3-1-2-4(7(10,11)12)6(5)8(13,14)15/h1-3H/q-1. The van der Waals surface area contributed by atoms with Gasteiger partial charge < -0.3 is 12.9 Å². The number of benzene rings is 1. The van der Waals surface area contributed by atoms with Crippen molar-refractivity contribution in [2.75, 3.05) is 0 Å². The van der Waals surface area contributed by atoms with Crippen molar-refractivity contribution in [2.45, 2.75) is 6.18 Å². The Kier molecular flexibility index (Phi) is 2.71. The van der Waals surface area contributed by atoms with Crippen LogP contribution in [0.1, 0.15) is 5.56 Å². The van der Waals surface area contributed by atoms with E-state index in [1.165, 1.54) is 0 Å². The maximum atomic E-state index is 12.7. The van der Waals surface area contributed by atoms with Gasteiger partial charge in [0.25, 0.3) is 0 Å². The summed E-state index contributed by atoms with van der Waals surface area (Å²) in [6.07, 6.45) is -5.21. The van der Waals surface area contributed by atoms with Crippen LogP contribution < -0.4 is 5.46 Å². The lowest BCUT2D eigenvalue weighted by Gasteiger charge is -2.21. The molecule has 0 N–H and O–H groups in total. The van der Waals surface area contributed by atoms with Gasteiger partial charge in [0, 0.05) is 5.56 Å². The molecule has 0 atom stereocenters. The lowest BCUT2D eigenvalue weighted by molar-refractivity contribution is -0.137. The van der Waals surface area contributed by atoms with E-state index in [4.69, 9.17) is 0 Å². The molecule has 0 heterocycles. The maximum absolute atomic E-state index is 12.7. The smallest absolute Gasteiger partial charge is 0.445 e. The summed E-state index contributed by atoms with van der Waals surface area (Å²) < 4.78 is 85.5. The summed E-state index contributed by atoms with van der Waals surface area (Å²) in [6.45, 7) is -6.02. The summed E-state index contributed by atoms with van der Waals surface area (Å²) >= 11 is 0. The zero-order chi connectivity index (χ0) is 11.9. The molecule has 1 aromatic carbocycles. The van der Waals surface area contributed by atoms with Crippen LogP contribution in [0, 0.1) is 5.82 Å². The van der Waals surface area contributed by atoms with Crippen LogP contribution in [0.2, 0.25) is 0 Å². The molecule has 0 saturated heterocycles. The van der Waals surface area contributed by atoms with Crippen LogP contribution in [-0.4, -0.2) is 6.98 Å². The molecule has 0 saturated carbocycles. The van der Waals surface area contributed by atoms with E-state index in [0.29, 0.717) is 12.1 Å². The van der Waals surface area contributed by atoms with Crippen molar-refractivity contribution >= 4 is 12.4 Å². The van der Waals surface area contributed by atoms with E-state index in [0.717, 1.165) is 0 Å². The SMILES string of the molecule is Fc1cccc(C(F)(F)F)c1[B-](F)(F)F. The van der Waals surface area contributed by atoms with Crippen molar-refractivity contribution in [3.8, 4) is 0 Å². The highest BCUT2D eigenvalue weighted by Gasteiger charge is 2.41. The molecule has 0 spiro atoms. The molecule has 0 radical (unpaired) electrons. The van der Waals surface area contributed by atoms with Gasteiger partial charge in [-0.25, -0.2) is 4.39 Å². The van der Waals surface area contributed by atoms with Gasteiger partial charge in [-0.05, 0) is 6.07 Å². The first-order valence-corrected chi connectivity index (χ1v) is 3.69. The Labute approximate surface area is 79.8 Å². The molecule has 0 aliphatic carbocycles. The van der Waals surface area contributed by atoms with Crippen LogP contribution in [0.25, 0.3) is 0 Å². The summed E-state index contributed by atoms with van der Waals surface area (Å²) in [4.78, 5) is 0. The summed E-state index contributed by atoms with van der Waals surface area (Å²) in [5, 5.41) is 0. The first-order chi connectivity index (χ1) is 6.64. The van der Waals surface area contributed by atoms with Gasteiger partial charge in [0.15, 0.2) is 0 Å². The Morgan fingerprint density at radius 3 is 1.87 bits per heavy atom. The van der Waals surface area contributed by atoms with E-state index < -0.39 is 30.0 Å². The monoisotopic (exact) mass is 231 g/mol. The van der Waals surface area contributed by atoms with Crippen molar-refractivity contribution in [1.82, 2.24) is 0 Å². The minimum Gasteiger partial charge on any atom is -0.445 e. The molecule has 0 nitrogen and oxygen atoms in total. The fourth-order valence-corrected chi connectivity index (χ4v) is 1.12. The molecular formula is C7H3BF7-. The molecule has 0 bridgehead atoms. The van der Waals surface area contributed by atoms with Crippen molar-refractivity contribution in [1.29, 1.82) is 0 Å². The van der Waals surface area contributed by atoms with Gasteiger partial charge in [-0.15, -0.1) is 0 Å². The van der Waals surface area contributed by atoms with E-state index in [1.807, 2.05) is 0 Å². The van der Waals surface area contributed by atoms with Crippen molar-refractivity contribution in [3.05, 3.63) is 29.6 Å². The Bertz CT molecular complexity index is 365. The Morgan fingerprint density at radius 1 is 1.00 bits per heavy atom. The molecule has 1 rings (SSSR count). The Balaban J connectivity index is 3.48. The average molecular weight is 231 g/mol. The number of hydrogen-bond donors (Lipinski definition) is 0. The largest absolute Gasteiger partial charge is 0.513 e. The first-order valence-electron chi connectivity index (χ1n) is 3.69. The van der Waals surface area contributed by atoms with Crippen molar-refractivity contribution in [2.24, 2.45) is 0 Å². The fraction of sp³-hybridized carbons (Fsp3) is 0.143. The second-order valence-corrected chi connectivity index (χ2v) is 2.77. The predicted octanol–water partition coefficient (Wildman–Crippen LogP) is 2.90. The lowest BCUT2D eigenvalue weighted by atomic mass is 9.76. The second kappa shape index (κ2) is 3.43. The second-order valence-electron chi connectivity index (χ2n) is 2.77. The summed E-state index contributed by atoms with van der Waals surface area (Å²) in [5.41, 5.74) is -4.21. The summed E-state index contributed by atoms with van der Waals surface area (Å²) in [5.74, 6) is -1.91. The van der Waals surface area contributed by atoms with E-state index in [-0.39, 0.29) is 6.07 Å². The number of alkyl halides is 3. The molecule has 0 aromatic heterocycles. The van der Waals surface area contributed by atoms with Gasteiger partial charge >= 0.3 is 13.2 Å². The third-order valence-electron chi connectivity index (χ3n) is 1.69. The quantitative estimate of drug-likeness (QED) is 0.514. The van der Waals surface area contributed by atoms with Crippen LogP contribution in [0.5, 0.6) is 0 Å². The number of halogens is 7. The molecule has 8 heteroatoms. The van der Waals surface area contributed by atoms with Crippen LogP contribution >= 0.6 is 0 Å². The molecule has 0 fully saturated rings. The topological polar surface area (TPSA) is 0 Å². The fourth-order valence-electron chi connectivity index (χ4n) is 1.12. The van der Waals surface area contributed by atoms with Crippen molar-refractivity contribution < 1.29 is 30.5 Å². The average Bonchev–Trinajstić information content (AvgIpc) is 1.99. The van der Waals surface area contributed by atoms with Crippen LogP contribution in [0.4, 0.5) is 30.5 Å². The molecule has 0 aliphatic rings.